The zero-order chi connectivity index (χ0) is 15.2. The van der Waals surface area contributed by atoms with Gasteiger partial charge in [0, 0.05) is 16.9 Å². The summed E-state index contributed by atoms with van der Waals surface area (Å²) in [5.74, 6) is -0.340. The standard InChI is InChI=1S/C17H17BrFNO/c1-12(10-13-4-8-16(19)9-5-13)20-17(21)15-6-2-14(11-18)3-7-15/h2-9,12H,10-11H2,1H3,(H,20,21). The Labute approximate surface area is 132 Å². The fourth-order valence-corrected chi connectivity index (χ4v) is 2.45. The molecule has 0 radical (unpaired) electrons. The van der Waals surface area contributed by atoms with E-state index in [0.29, 0.717) is 12.0 Å². The highest BCUT2D eigenvalue weighted by Gasteiger charge is 2.10. The van der Waals surface area contributed by atoms with Crippen molar-refractivity contribution < 1.29 is 9.18 Å². The maximum atomic E-state index is 12.8. The van der Waals surface area contributed by atoms with Crippen LogP contribution in [0.25, 0.3) is 0 Å². The molecule has 0 heterocycles. The van der Waals surface area contributed by atoms with E-state index >= 15 is 0 Å². The topological polar surface area (TPSA) is 29.1 Å². The van der Waals surface area contributed by atoms with Gasteiger partial charge in [-0.25, -0.2) is 4.39 Å². The number of amides is 1. The van der Waals surface area contributed by atoms with Crippen LogP contribution in [0.2, 0.25) is 0 Å². The van der Waals surface area contributed by atoms with Crippen LogP contribution in [0.5, 0.6) is 0 Å². The summed E-state index contributed by atoms with van der Waals surface area (Å²) in [4.78, 5) is 12.1. The van der Waals surface area contributed by atoms with Gasteiger partial charge in [-0.15, -0.1) is 0 Å². The van der Waals surface area contributed by atoms with E-state index in [1.165, 1.54) is 12.1 Å². The molecule has 0 aromatic heterocycles. The number of rotatable bonds is 5. The minimum atomic E-state index is -0.248. The van der Waals surface area contributed by atoms with Crippen LogP contribution < -0.4 is 5.32 Å². The van der Waals surface area contributed by atoms with Gasteiger partial charge >= 0.3 is 0 Å². The third-order valence-corrected chi connectivity index (χ3v) is 3.85. The second-order valence-corrected chi connectivity index (χ2v) is 5.60. The average molecular weight is 350 g/mol. The Balaban J connectivity index is 1.93. The van der Waals surface area contributed by atoms with E-state index in [0.717, 1.165) is 16.5 Å². The smallest absolute Gasteiger partial charge is 0.251 e. The molecule has 1 unspecified atom stereocenters. The predicted octanol–water partition coefficient (Wildman–Crippen LogP) is 4.08. The molecule has 0 aliphatic carbocycles. The molecule has 0 aliphatic rings. The van der Waals surface area contributed by atoms with Crippen molar-refractivity contribution >= 4 is 21.8 Å². The summed E-state index contributed by atoms with van der Waals surface area (Å²) < 4.78 is 12.8. The van der Waals surface area contributed by atoms with Gasteiger partial charge in [0.1, 0.15) is 5.82 Å². The van der Waals surface area contributed by atoms with Gasteiger partial charge in [-0.2, -0.15) is 0 Å². The normalized spacial score (nSPS) is 12.0. The van der Waals surface area contributed by atoms with Crippen LogP contribution >= 0.6 is 15.9 Å². The Kier molecular flexibility index (Phi) is 5.51. The zero-order valence-electron chi connectivity index (χ0n) is 11.8. The number of carbonyl (C=O) groups is 1. The van der Waals surface area contributed by atoms with Crippen LogP contribution in [0.4, 0.5) is 4.39 Å². The van der Waals surface area contributed by atoms with Crippen molar-refractivity contribution in [1.82, 2.24) is 5.32 Å². The second kappa shape index (κ2) is 7.36. The molecule has 0 fully saturated rings. The first-order chi connectivity index (χ1) is 10.1. The lowest BCUT2D eigenvalue weighted by atomic mass is 10.1. The van der Waals surface area contributed by atoms with Crippen LogP contribution in [0, 0.1) is 5.82 Å². The summed E-state index contributed by atoms with van der Waals surface area (Å²) in [6.45, 7) is 1.94. The number of hydrogen-bond donors (Lipinski definition) is 1. The lowest BCUT2D eigenvalue weighted by Crippen LogP contribution is -2.34. The fraction of sp³-hybridized carbons (Fsp3) is 0.235. The van der Waals surface area contributed by atoms with Crippen LogP contribution in [0.1, 0.15) is 28.4 Å². The molecule has 1 atom stereocenters. The van der Waals surface area contributed by atoms with Gasteiger partial charge in [-0.3, -0.25) is 4.79 Å². The lowest BCUT2D eigenvalue weighted by molar-refractivity contribution is 0.0940. The molecule has 2 aromatic carbocycles. The molecule has 1 amide bonds. The first kappa shape index (κ1) is 15.7. The molecule has 0 bridgehead atoms. The molecule has 2 nitrogen and oxygen atoms in total. The molecule has 4 heteroatoms. The van der Waals surface area contributed by atoms with Crippen molar-refractivity contribution in [1.29, 1.82) is 0 Å². The summed E-state index contributed by atoms with van der Waals surface area (Å²) >= 11 is 3.37. The number of hydrogen-bond acceptors (Lipinski definition) is 1. The fourth-order valence-electron chi connectivity index (χ4n) is 2.08. The van der Waals surface area contributed by atoms with Gasteiger partial charge in [0.2, 0.25) is 0 Å². The molecule has 0 saturated carbocycles. The number of alkyl halides is 1. The Morgan fingerprint density at radius 1 is 1.10 bits per heavy atom. The van der Waals surface area contributed by atoms with E-state index in [2.05, 4.69) is 21.2 Å². The zero-order valence-corrected chi connectivity index (χ0v) is 13.4. The Morgan fingerprint density at radius 2 is 1.67 bits per heavy atom. The highest BCUT2D eigenvalue weighted by molar-refractivity contribution is 9.08. The van der Waals surface area contributed by atoms with Crippen molar-refractivity contribution in [2.24, 2.45) is 0 Å². The summed E-state index contributed by atoms with van der Waals surface area (Å²) in [6, 6.07) is 13.8. The Morgan fingerprint density at radius 3 is 2.24 bits per heavy atom. The van der Waals surface area contributed by atoms with Gasteiger partial charge in [0.15, 0.2) is 0 Å². The summed E-state index contributed by atoms with van der Waals surface area (Å²) in [6.07, 6.45) is 0.672. The molecule has 1 N–H and O–H groups in total. The van der Waals surface area contributed by atoms with Crippen molar-refractivity contribution in [2.45, 2.75) is 24.7 Å². The molecule has 2 rings (SSSR count). The quantitative estimate of drug-likeness (QED) is 0.809. The number of benzene rings is 2. The first-order valence-corrected chi connectivity index (χ1v) is 7.91. The van der Waals surface area contributed by atoms with Gasteiger partial charge in [0.25, 0.3) is 5.91 Å². The maximum Gasteiger partial charge on any atom is 0.251 e. The molecular formula is C17H17BrFNO. The molecule has 110 valence electrons. The van der Waals surface area contributed by atoms with Crippen LogP contribution in [-0.4, -0.2) is 11.9 Å². The second-order valence-electron chi connectivity index (χ2n) is 5.04. The van der Waals surface area contributed by atoms with Crippen molar-refractivity contribution in [2.75, 3.05) is 0 Å². The summed E-state index contributed by atoms with van der Waals surface area (Å²) in [7, 11) is 0. The lowest BCUT2D eigenvalue weighted by Gasteiger charge is -2.14. The van der Waals surface area contributed by atoms with Crippen LogP contribution in [0.15, 0.2) is 48.5 Å². The minimum Gasteiger partial charge on any atom is -0.349 e. The molecule has 2 aromatic rings. The highest BCUT2D eigenvalue weighted by atomic mass is 79.9. The van der Waals surface area contributed by atoms with E-state index in [-0.39, 0.29) is 17.8 Å². The van der Waals surface area contributed by atoms with E-state index in [1.807, 2.05) is 31.2 Å². The van der Waals surface area contributed by atoms with E-state index in [4.69, 9.17) is 0 Å². The first-order valence-electron chi connectivity index (χ1n) is 6.78. The third kappa shape index (κ3) is 4.67. The Bertz CT molecular complexity index is 595. The van der Waals surface area contributed by atoms with Gasteiger partial charge in [-0.05, 0) is 48.7 Å². The van der Waals surface area contributed by atoms with Crippen LogP contribution in [-0.2, 0) is 11.8 Å². The molecule has 0 spiro atoms. The van der Waals surface area contributed by atoms with E-state index in [1.54, 1.807) is 12.1 Å². The summed E-state index contributed by atoms with van der Waals surface area (Å²) in [5.41, 5.74) is 2.77. The minimum absolute atomic E-state index is 0.0150. The largest absolute Gasteiger partial charge is 0.349 e. The molecule has 0 saturated heterocycles. The average Bonchev–Trinajstić information content (AvgIpc) is 2.49. The summed E-state index contributed by atoms with van der Waals surface area (Å²) in [5, 5.41) is 3.73. The molecular weight excluding hydrogens is 333 g/mol. The highest BCUT2D eigenvalue weighted by Crippen LogP contribution is 2.09. The third-order valence-electron chi connectivity index (χ3n) is 3.20. The van der Waals surface area contributed by atoms with E-state index < -0.39 is 0 Å². The van der Waals surface area contributed by atoms with Gasteiger partial charge < -0.3 is 5.32 Å². The van der Waals surface area contributed by atoms with Crippen LogP contribution in [0.3, 0.4) is 0 Å². The van der Waals surface area contributed by atoms with Gasteiger partial charge in [-0.1, -0.05) is 40.2 Å². The van der Waals surface area contributed by atoms with Crippen molar-refractivity contribution in [3.05, 3.63) is 71.0 Å². The molecule has 0 aliphatic heterocycles. The van der Waals surface area contributed by atoms with Crippen molar-refractivity contribution in [3.8, 4) is 0 Å². The van der Waals surface area contributed by atoms with Crippen molar-refractivity contribution in [3.63, 3.8) is 0 Å². The molecule has 21 heavy (non-hydrogen) atoms. The number of carbonyl (C=O) groups excluding carboxylic acids is 1. The van der Waals surface area contributed by atoms with E-state index in [9.17, 15) is 9.18 Å². The SMILES string of the molecule is CC(Cc1ccc(F)cc1)NC(=O)c1ccc(CBr)cc1. The number of nitrogens with one attached hydrogen (secondary N) is 1. The Hall–Kier alpha value is -1.68. The predicted molar refractivity (Wildman–Crippen MR) is 86.1 cm³/mol. The monoisotopic (exact) mass is 349 g/mol. The maximum absolute atomic E-state index is 12.8. The van der Waals surface area contributed by atoms with Gasteiger partial charge in [0.05, 0.1) is 0 Å². The number of halogens is 2.